The summed E-state index contributed by atoms with van der Waals surface area (Å²) in [4.78, 5) is 0. The van der Waals surface area contributed by atoms with E-state index in [1.807, 2.05) is 36.6 Å². The smallest absolute Gasteiger partial charge is 0.138 e. The predicted octanol–water partition coefficient (Wildman–Crippen LogP) is 4.00. The molecule has 2 N–H and O–H groups in total. The van der Waals surface area contributed by atoms with Crippen molar-refractivity contribution in [2.24, 2.45) is 5.73 Å². The number of rotatable bonds is 4. The Labute approximate surface area is 110 Å². The van der Waals surface area contributed by atoms with Crippen molar-refractivity contribution in [2.75, 3.05) is 0 Å². The predicted molar refractivity (Wildman–Crippen MR) is 72.7 cm³/mol. The molecule has 0 unspecified atom stereocenters. The monoisotopic (exact) mass is 267 g/mol. The summed E-state index contributed by atoms with van der Waals surface area (Å²) in [7, 11) is 0. The molecule has 90 valence electrons. The van der Waals surface area contributed by atoms with Crippen LogP contribution in [0.1, 0.15) is 24.1 Å². The Morgan fingerprint density at radius 2 is 2.24 bits per heavy atom. The molecule has 0 spiro atoms. The molecule has 0 bridgehead atoms. The molecule has 0 aliphatic rings. The lowest BCUT2D eigenvalue weighted by atomic mass is 10.1. The number of hydrogen-bond acceptors (Lipinski definition) is 3. The van der Waals surface area contributed by atoms with Crippen molar-refractivity contribution in [3.05, 3.63) is 51.2 Å². The van der Waals surface area contributed by atoms with E-state index in [1.54, 1.807) is 11.3 Å². The summed E-state index contributed by atoms with van der Waals surface area (Å²) in [5, 5.41) is 4.69. The van der Waals surface area contributed by atoms with Gasteiger partial charge in [0.2, 0.25) is 0 Å². The van der Waals surface area contributed by atoms with Crippen LogP contribution in [0, 0.1) is 0 Å². The fourth-order valence-electron chi connectivity index (χ4n) is 1.45. The van der Waals surface area contributed by atoms with Gasteiger partial charge in [-0.15, -0.1) is 0 Å². The van der Waals surface area contributed by atoms with Crippen LogP contribution in [0.3, 0.4) is 0 Å². The summed E-state index contributed by atoms with van der Waals surface area (Å²) in [5.74, 6) is 0.697. The third kappa shape index (κ3) is 3.22. The molecule has 1 aromatic heterocycles. The molecule has 0 fully saturated rings. The number of thiophene rings is 1. The maximum absolute atomic E-state index is 6.14. The minimum atomic E-state index is -0.0153. The van der Waals surface area contributed by atoms with Gasteiger partial charge in [-0.3, -0.25) is 0 Å². The second-order valence-corrected chi connectivity index (χ2v) is 5.09. The molecule has 2 rings (SSSR count). The van der Waals surface area contributed by atoms with Crippen molar-refractivity contribution in [1.82, 2.24) is 0 Å². The Morgan fingerprint density at radius 1 is 1.41 bits per heavy atom. The molecule has 2 nitrogen and oxygen atoms in total. The highest BCUT2D eigenvalue weighted by Crippen LogP contribution is 2.28. The lowest BCUT2D eigenvalue weighted by molar-refractivity contribution is 0.307. The van der Waals surface area contributed by atoms with Gasteiger partial charge in [-0.05, 0) is 47.0 Å². The van der Waals surface area contributed by atoms with Crippen LogP contribution in [0.5, 0.6) is 5.75 Å². The highest BCUT2D eigenvalue weighted by atomic mass is 35.5. The van der Waals surface area contributed by atoms with Crippen LogP contribution in [-0.2, 0) is 6.61 Å². The minimum absolute atomic E-state index is 0.0153. The SMILES string of the molecule is C[C@@H](N)c1ccc(OCc2ccsc2)c(Cl)c1. The van der Waals surface area contributed by atoms with E-state index in [9.17, 15) is 0 Å². The second-order valence-electron chi connectivity index (χ2n) is 3.90. The Kier molecular flexibility index (Phi) is 4.05. The van der Waals surface area contributed by atoms with Crippen molar-refractivity contribution in [3.63, 3.8) is 0 Å². The highest BCUT2D eigenvalue weighted by Gasteiger charge is 2.06. The number of ether oxygens (including phenoxy) is 1. The van der Waals surface area contributed by atoms with E-state index in [-0.39, 0.29) is 6.04 Å². The van der Waals surface area contributed by atoms with Gasteiger partial charge in [0.15, 0.2) is 0 Å². The fraction of sp³-hybridized carbons (Fsp3) is 0.231. The minimum Gasteiger partial charge on any atom is -0.487 e. The maximum Gasteiger partial charge on any atom is 0.138 e. The molecule has 0 aliphatic carbocycles. The van der Waals surface area contributed by atoms with Gasteiger partial charge < -0.3 is 10.5 Å². The Morgan fingerprint density at radius 3 is 2.82 bits per heavy atom. The van der Waals surface area contributed by atoms with Crippen molar-refractivity contribution in [2.45, 2.75) is 19.6 Å². The quantitative estimate of drug-likeness (QED) is 0.909. The van der Waals surface area contributed by atoms with Gasteiger partial charge in [0, 0.05) is 6.04 Å². The zero-order valence-corrected chi connectivity index (χ0v) is 11.1. The van der Waals surface area contributed by atoms with E-state index in [0.717, 1.165) is 11.1 Å². The van der Waals surface area contributed by atoms with Gasteiger partial charge in [-0.25, -0.2) is 0 Å². The van der Waals surface area contributed by atoms with Crippen LogP contribution >= 0.6 is 22.9 Å². The van der Waals surface area contributed by atoms with Gasteiger partial charge in [0.1, 0.15) is 12.4 Å². The third-order valence-electron chi connectivity index (χ3n) is 2.46. The van der Waals surface area contributed by atoms with Gasteiger partial charge in [-0.2, -0.15) is 11.3 Å². The molecule has 4 heteroatoms. The van der Waals surface area contributed by atoms with Crippen LogP contribution in [0.2, 0.25) is 5.02 Å². The highest BCUT2D eigenvalue weighted by molar-refractivity contribution is 7.07. The third-order valence-corrected chi connectivity index (χ3v) is 3.48. The summed E-state index contributed by atoms with van der Waals surface area (Å²) in [5.41, 5.74) is 7.95. The van der Waals surface area contributed by atoms with E-state index in [4.69, 9.17) is 22.1 Å². The first kappa shape index (κ1) is 12.4. The van der Waals surface area contributed by atoms with Crippen LogP contribution in [0.15, 0.2) is 35.0 Å². The molecule has 1 heterocycles. The first-order valence-corrected chi connectivity index (χ1v) is 6.68. The van der Waals surface area contributed by atoms with E-state index in [2.05, 4.69) is 5.38 Å². The topological polar surface area (TPSA) is 35.2 Å². The van der Waals surface area contributed by atoms with Gasteiger partial charge >= 0.3 is 0 Å². The average molecular weight is 268 g/mol. The van der Waals surface area contributed by atoms with Crippen LogP contribution in [-0.4, -0.2) is 0 Å². The molecule has 1 atom stereocenters. The average Bonchev–Trinajstić information content (AvgIpc) is 2.80. The lowest BCUT2D eigenvalue weighted by Crippen LogP contribution is -2.05. The van der Waals surface area contributed by atoms with E-state index in [0.29, 0.717) is 17.4 Å². The molecule has 0 saturated heterocycles. The van der Waals surface area contributed by atoms with E-state index in [1.165, 1.54) is 0 Å². The largest absolute Gasteiger partial charge is 0.487 e. The summed E-state index contributed by atoms with van der Waals surface area (Å²) in [6, 6.07) is 7.69. The van der Waals surface area contributed by atoms with Crippen molar-refractivity contribution in [3.8, 4) is 5.75 Å². The van der Waals surface area contributed by atoms with Crippen molar-refractivity contribution < 1.29 is 4.74 Å². The van der Waals surface area contributed by atoms with Gasteiger partial charge in [0.25, 0.3) is 0 Å². The standard InChI is InChI=1S/C13H14ClNOS/c1-9(15)11-2-3-13(12(14)6-11)16-7-10-4-5-17-8-10/h2-6,8-9H,7,15H2,1H3/t9-/m1/s1. The van der Waals surface area contributed by atoms with Gasteiger partial charge in [0.05, 0.1) is 5.02 Å². The summed E-state index contributed by atoms with van der Waals surface area (Å²) < 4.78 is 5.65. The number of hydrogen-bond donors (Lipinski definition) is 1. The first-order chi connectivity index (χ1) is 8.16. The molecule has 0 aliphatic heterocycles. The van der Waals surface area contributed by atoms with Crippen LogP contribution in [0.25, 0.3) is 0 Å². The summed E-state index contributed by atoms with van der Waals surface area (Å²) >= 11 is 7.79. The first-order valence-electron chi connectivity index (χ1n) is 5.35. The maximum atomic E-state index is 6.14. The molecule has 0 amide bonds. The number of nitrogens with two attached hydrogens (primary N) is 1. The van der Waals surface area contributed by atoms with E-state index < -0.39 is 0 Å². The van der Waals surface area contributed by atoms with Crippen LogP contribution in [0.4, 0.5) is 0 Å². The Hall–Kier alpha value is -1.03. The van der Waals surface area contributed by atoms with Crippen LogP contribution < -0.4 is 10.5 Å². The Balaban J connectivity index is 2.06. The number of benzene rings is 1. The molecule has 2 aromatic rings. The Bertz CT molecular complexity index is 482. The zero-order chi connectivity index (χ0) is 12.3. The molecular weight excluding hydrogens is 254 g/mol. The molecule has 17 heavy (non-hydrogen) atoms. The normalized spacial score (nSPS) is 12.4. The van der Waals surface area contributed by atoms with Gasteiger partial charge in [-0.1, -0.05) is 17.7 Å². The zero-order valence-electron chi connectivity index (χ0n) is 9.52. The molecule has 0 radical (unpaired) electrons. The summed E-state index contributed by atoms with van der Waals surface area (Å²) in [6.07, 6.45) is 0. The fourth-order valence-corrected chi connectivity index (χ4v) is 2.35. The number of halogens is 1. The molecule has 0 saturated carbocycles. The summed E-state index contributed by atoms with van der Waals surface area (Å²) in [6.45, 7) is 2.47. The molecular formula is C13H14ClNOS. The van der Waals surface area contributed by atoms with Crippen molar-refractivity contribution >= 4 is 22.9 Å². The molecule has 1 aromatic carbocycles. The van der Waals surface area contributed by atoms with Crippen molar-refractivity contribution in [1.29, 1.82) is 0 Å². The lowest BCUT2D eigenvalue weighted by Gasteiger charge is -2.10. The van der Waals surface area contributed by atoms with E-state index >= 15 is 0 Å². The second kappa shape index (κ2) is 5.54.